The molecule has 0 radical (unpaired) electrons. The zero-order valence-corrected chi connectivity index (χ0v) is 13.3. The normalized spacial score (nSPS) is 14.1. The van der Waals surface area contributed by atoms with Gasteiger partial charge in [0.1, 0.15) is 5.75 Å². The number of ether oxygens (including phenoxy) is 1. The molecule has 110 valence electrons. The fourth-order valence-electron chi connectivity index (χ4n) is 2.05. The second kappa shape index (κ2) is 7.73. The van der Waals surface area contributed by atoms with Gasteiger partial charge in [-0.1, -0.05) is 26.0 Å². The molecule has 19 heavy (non-hydrogen) atoms. The van der Waals surface area contributed by atoms with E-state index in [1.165, 1.54) is 0 Å². The van der Waals surface area contributed by atoms with E-state index in [4.69, 9.17) is 4.74 Å². The maximum Gasteiger partial charge on any atom is 0.119 e. The summed E-state index contributed by atoms with van der Waals surface area (Å²) in [6.45, 7) is 4.95. The first kappa shape index (κ1) is 18.2. The van der Waals surface area contributed by atoms with Crippen LogP contribution in [0, 0.1) is 5.92 Å². The van der Waals surface area contributed by atoms with Crippen molar-refractivity contribution in [2.45, 2.75) is 25.9 Å². The fraction of sp³-hybridized carbons (Fsp3) is 0.600. The first-order chi connectivity index (χ1) is 8.40. The molecule has 0 fully saturated rings. The van der Waals surface area contributed by atoms with Crippen LogP contribution in [0.25, 0.3) is 0 Å². The fourth-order valence-corrected chi connectivity index (χ4v) is 2.05. The number of aliphatic hydroxyl groups is 1. The van der Waals surface area contributed by atoms with Crippen LogP contribution < -0.4 is 4.74 Å². The maximum absolute atomic E-state index is 10.9. The van der Waals surface area contributed by atoms with Gasteiger partial charge < -0.3 is 14.7 Å². The summed E-state index contributed by atoms with van der Waals surface area (Å²) in [5, 5.41) is 10.9. The number of hydrogen-bond acceptors (Lipinski definition) is 3. The van der Waals surface area contributed by atoms with Gasteiger partial charge >= 0.3 is 0 Å². The van der Waals surface area contributed by atoms with Crippen molar-refractivity contribution >= 4 is 12.4 Å². The van der Waals surface area contributed by atoms with Crippen LogP contribution in [-0.2, 0) is 5.60 Å². The quantitative estimate of drug-likeness (QED) is 0.873. The van der Waals surface area contributed by atoms with Crippen molar-refractivity contribution < 1.29 is 9.84 Å². The van der Waals surface area contributed by atoms with Crippen LogP contribution in [0.5, 0.6) is 5.75 Å². The molecule has 0 aliphatic heterocycles. The Balaban J connectivity index is 0.00000324. The summed E-state index contributed by atoms with van der Waals surface area (Å²) in [6, 6.07) is 7.72. The third kappa shape index (κ3) is 4.68. The average molecular weight is 288 g/mol. The molecule has 0 saturated carbocycles. The summed E-state index contributed by atoms with van der Waals surface area (Å²) in [6.07, 6.45) is 0.713. The Kier molecular flexibility index (Phi) is 7.42. The van der Waals surface area contributed by atoms with Gasteiger partial charge in [-0.2, -0.15) is 0 Å². The molecule has 0 spiro atoms. The van der Waals surface area contributed by atoms with Crippen molar-refractivity contribution in [2.75, 3.05) is 27.7 Å². The van der Waals surface area contributed by atoms with Gasteiger partial charge in [0, 0.05) is 6.54 Å². The first-order valence-corrected chi connectivity index (χ1v) is 6.41. The van der Waals surface area contributed by atoms with Crippen molar-refractivity contribution in [1.29, 1.82) is 0 Å². The minimum atomic E-state index is -0.807. The van der Waals surface area contributed by atoms with Gasteiger partial charge in [0.2, 0.25) is 0 Å². The van der Waals surface area contributed by atoms with E-state index in [0.29, 0.717) is 6.42 Å². The molecule has 0 aliphatic carbocycles. The Morgan fingerprint density at radius 3 is 2.42 bits per heavy atom. The molecule has 0 bridgehead atoms. The van der Waals surface area contributed by atoms with Crippen LogP contribution >= 0.6 is 12.4 Å². The SMILES string of the molecule is COc1cccc(C(O)(CCN(C)C)C(C)C)c1.Cl. The molecule has 0 saturated heterocycles. The lowest BCUT2D eigenvalue weighted by molar-refractivity contribution is -0.0234. The Hall–Kier alpha value is -0.770. The summed E-state index contributed by atoms with van der Waals surface area (Å²) in [5.74, 6) is 0.945. The molecule has 1 N–H and O–H groups in total. The molecule has 0 aliphatic rings. The van der Waals surface area contributed by atoms with E-state index in [-0.39, 0.29) is 18.3 Å². The van der Waals surface area contributed by atoms with Crippen molar-refractivity contribution in [2.24, 2.45) is 5.92 Å². The summed E-state index contributed by atoms with van der Waals surface area (Å²) in [5.41, 5.74) is 0.123. The van der Waals surface area contributed by atoms with Crippen LogP contribution in [0.15, 0.2) is 24.3 Å². The predicted octanol–water partition coefficient (Wildman–Crippen LogP) is 2.91. The standard InChI is InChI=1S/C15H25NO2.ClH/c1-12(2)15(17,9-10-16(3)4)13-7-6-8-14(11-13)18-5;/h6-8,11-12,17H,9-10H2,1-5H3;1H. The van der Waals surface area contributed by atoms with Crippen molar-refractivity contribution in [1.82, 2.24) is 4.90 Å². The van der Waals surface area contributed by atoms with E-state index in [1.54, 1.807) is 7.11 Å². The van der Waals surface area contributed by atoms with E-state index in [2.05, 4.69) is 18.7 Å². The molecule has 0 heterocycles. The van der Waals surface area contributed by atoms with Crippen molar-refractivity contribution in [3.05, 3.63) is 29.8 Å². The highest BCUT2D eigenvalue weighted by Gasteiger charge is 2.33. The number of rotatable bonds is 6. The van der Waals surface area contributed by atoms with Gasteiger partial charge in [-0.05, 0) is 44.1 Å². The molecule has 1 atom stereocenters. The number of benzene rings is 1. The first-order valence-electron chi connectivity index (χ1n) is 6.41. The predicted molar refractivity (Wildman–Crippen MR) is 82.1 cm³/mol. The second-order valence-electron chi connectivity index (χ2n) is 5.36. The molecule has 3 nitrogen and oxygen atoms in total. The maximum atomic E-state index is 10.9. The van der Waals surface area contributed by atoms with E-state index >= 15 is 0 Å². The van der Waals surface area contributed by atoms with Crippen molar-refractivity contribution in [3.63, 3.8) is 0 Å². The summed E-state index contributed by atoms with van der Waals surface area (Å²) in [7, 11) is 5.69. The Morgan fingerprint density at radius 2 is 1.95 bits per heavy atom. The third-order valence-corrected chi connectivity index (χ3v) is 3.46. The highest BCUT2D eigenvalue weighted by molar-refractivity contribution is 5.85. The Morgan fingerprint density at radius 1 is 1.32 bits per heavy atom. The highest BCUT2D eigenvalue weighted by atomic mass is 35.5. The molecular formula is C15H26ClNO2. The third-order valence-electron chi connectivity index (χ3n) is 3.46. The monoisotopic (exact) mass is 287 g/mol. The van der Waals surface area contributed by atoms with Crippen LogP contribution in [0.2, 0.25) is 0 Å². The molecule has 4 heteroatoms. The summed E-state index contributed by atoms with van der Waals surface area (Å²) >= 11 is 0. The van der Waals surface area contributed by atoms with E-state index in [9.17, 15) is 5.11 Å². The minimum absolute atomic E-state index is 0. The zero-order chi connectivity index (χ0) is 13.8. The molecule has 1 aromatic carbocycles. The molecule has 1 rings (SSSR count). The highest BCUT2D eigenvalue weighted by Crippen LogP contribution is 2.34. The van der Waals surface area contributed by atoms with Crippen molar-refractivity contribution in [3.8, 4) is 5.75 Å². The summed E-state index contributed by atoms with van der Waals surface area (Å²) < 4.78 is 5.23. The lowest BCUT2D eigenvalue weighted by Crippen LogP contribution is -2.35. The smallest absolute Gasteiger partial charge is 0.119 e. The number of methoxy groups -OCH3 is 1. The van der Waals surface area contributed by atoms with Crippen LogP contribution in [0.1, 0.15) is 25.8 Å². The van der Waals surface area contributed by atoms with Crippen LogP contribution in [0.4, 0.5) is 0 Å². The van der Waals surface area contributed by atoms with Crippen LogP contribution in [0.3, 0.4) is 0 Å². The average Bonchev–Trinajstić information content (AvgIpc) is 2.35. The number of nitrogens with zero attached hydrogens (tertiary/aromatic N) is 1. The van der Waals surface area contributed by atoms with E-state index in [0.717, 1.165) is 17.9 Å². The van der Waals surface area contributed by atoms with Gasteiger partial charge in [0.25, 0.3) is 0 Å². The van der Waals surface area contributed by atoms with E-state index in [1.807, 2.05) is 38.4 Å². The largest absolute Gasteiger partial charge is 0.497 e. The van der Waals surface area contributed by atoms with Crippen LogP contribution in [-0.4, -0.2) is 37.8 Å². The minimum Gasteiger partial charge on any atom is -0.497 e. The van der Waals surface area contributed by atoms with Gasteiger partial charge in [0.05, 0.1) is 12.7 Å². The van der Waals surface area contributed by atoms with Gasteiger partial charge in [-0.25, -0.2) is 0 Å². The zero-order valence-electron chi connectivity index (χ0n) is 12.5. The molecule has 0 aromatic heterocycles. The number of halogens is 1. The van der Waals surface area contributed by atoms with Gasteiger partial charge in [-0.15, -0.1) is 12.4 Å². The lowest BCUT2D eigenvalue weighted by atomic mass is 9.80. The van der Waals surface area contributed by atoms with E-state index < -0.39 is 5.60 Å². The van der Waals surface area contributed by atoms with Gasteiger partial charge in [-0.3, -0.25) is 0 Å². The molecular weight excluding hydrogens is 262 g/mol. The number of hydrogen-bond donors (Lipinski definition) is 1. The molecule has 0 amide bonds. The summed E-state index contributed by atoms with van der Waals surface area (Å²) in [4.78, 5) is 2.09. The Labute approximate surface area is 123 Å². The molecule has 1 unspecified atom stereocenters. The lowest BCUT2D eigenvalue weighted by Gasteiger charge is -2.34. The molecule has 1 aromatic rings. The van der Waals surface area contributed by atoms with Gasteiger partial charge in [0.15, 0.2) is 0 Å². The Bertz CT molecular complexity index is 382. The second-order valence-corrected chi connectivity index (χ2v) is 5.36. The topological polar surface area (TPSA) is 32.7 Å².